The minimum absolute atomic E-state index is 0.0972. The lowest BCUT2D eigenvalue weighted by Gasteiger charge is -2.07. The summed E-state index contributed by atoms with van der Waals surface area (Å²) in [5.74, 6) is -0.135. The number of rotatable bonds is 5. The maximum atomic E-state index is 11.0. The highest BCUT2D eigenvalue weighted by Gasteiger charge is 2.17. The molecule has 0 aliphatic rings. The number of carbonyl (C=O) groups excluding carboxylic acids is 1. The van der Waals surface area contributed by atoms with Crippen LogP contribution in [0.4, 0.5) is 17.1 Å². The lowest BCUT2D eigenvalue weighted by Crippen LogP contribution is -2.21. The van der Waals surface area contributed by atoms with Gasteiger partial charge in [0, 0.05) is 20.0 Å². The minimum Gasteiger partial charge on any atom is -0.393 e. The Morgan fingerprint density at radius 2 is 2.24 bits per heavy atom. The van der Waals surface area contributed by atoms with Crippen molar-refractivity contribution in [3.63, 3.8) is 0 Å². The third kappa shape index (κ3) is 3.33. The number of nitro groups is 1. The second kappa shape index (κ2) is 5.69. The largest absolute Gasteiger partial charge is 0.393 e. The van der Waals surface area contributed by atoms with Gasteiger partial charge in [0.15, 0.2) is 0 Å². The Morgan fingerprint density at radius 1 is 1.53 bits per heavy atom. The van der Waals surface area contributed by atoms with Crippen molar-refractivity contribution in [3.8, 4) is 0 Å². The van der Waals surface area contributed by atoms with Crippen LogP contribution in [0.2, 0.25) is 0 Å². The van der Waals surface area contributed by atoms with Gasteiger partial charge in [0.25, 0.3) is 0 Å². The number of nitrogens with one attached hydrogen (secondary N) is 2. The van der Waals surface area contributed by atoms with Crippen LogP contribution in [0.5, 0.6) is 0 Å². The van der Waals surface area contributed by atoms with Gasteiger partial charge in [0.1, 0.15) is 11.4 Å². The molecule has 0 saturated heterocycles. The molecule has 92 valence electrons. The highest BCUT2D eigenvalue weighted by Crippen LogP contribution is 2.30. The smallest absolute Gasteiger partial charge is 0.314 e. The van der Waals surface area contributed by atoms with Crippen LogP contribution < -0.4 is 16.4 Å². The van der Waals surface area contributed by atoms with Gasteiger partial charge in [0.2, 0.25) is 5.91 Å². The molecule has 0 bridgehead atoms. The van der Waals surface area contributed by atoms with Gasteiger partial charge in [-0.15, -0.1) is 0 Å². The van der Waals surface area contributed by atoms with Crippen LogP contribution in [0.3, 0.4) is 0 Å². The quantitative estimate of drug-likeness (QED) is 0.398. The Kier molecular flexibility index (Phi) is 4.27. The third-order valence-electron chi connectivity index (χ3n) is 2.20. The molecular weight excluding hydrogens is 224 g/mol. The monoisotopic (exact) mass is 238 g/mol. The molecule has 17 heavy (non-hydrogen) atoms. The Balaban J connectivity index is 2.74. The van der Waals surface area contributed by atoms with Crippen LogP contribution in [0, 0.1) is 10.1 Å². The van der Waals surface area contributed by atoms with Crippen LogP contribution in [0.1, 0.15) is 6.42 Å². The molecule has 1 aromatic rings. The molecule has 0 unspecified atom stereocenters. The lowest BCUT2D eigenvalue weighted by molar-refractivity contribution is -0.383. The zero-order valence-electron chi connectivity index (χ0n) is 9.40. The fourth-order valence-electron chi connectivity index (χ4n) is 1.34. The van der Waals surface area contributed by atoms with Crippen molar-refractivity contribution in [2.45, 2.75) is 6.42 Å². The summed E-state index contributed by atoms with van der Waals surface area (Å²) in [7, 11) is 1.53. The number of carbonyl (C=O) groups is 1. The van der Waals surface area contributed by atoms with E-state index in [4.69, 9.17) is 5.73 Å². The molecule has 0 fully saturated rings. The number of amides is 1. The Morgan fingerprint density at radius 3 is 2.82 bits per heavy atom. The van der Waals surface area contributed by atoms with E-state index in [9.17, 15) is 14.9 Å². The van der Waals surface area contributed by atoms with E-state index < -0.39 is 4.92 Å². The van der Waals surface area contributed by atoms with Gasteiger partial charge in [0.05, 0.1) is 4.92 Å². The van der Waals surface area contributed by atoms with Crippen molar-refractivity contribution in [1.29, 1.82) is 0 Å². The minimum atomic E-state index is -0.544. The zero-order chi connectivity index (χ0) is 12.8. The molecule has 0 atom stereocenters. The van der Waals surface area contributed by atoms with Gasteiger partial charge in [-0.05, 0) is 12.1 Å². The first-order chi connectivity index (χ1) is 8.06. The highest BCUT2D eigenvalue weighted by atomic mass is 16.6. The molecule has 0 aliphatic carbocycles. The first kappa shape index (κ1) is 12.8. The molecule has 7 heteroatoms. The third-order valence-corrected chi connectivity index (χ3v) is 2.20. The Hall–Kier alpha value is -2.31. The number of anilines is 2. The first-order valence-electron chi connectivity index (χ1n) is 5.03. The zero-order valence-corrected chi connectivity index (χ0v) is 9.40. The Bertz CT molecular complexity index is 434. The van der Waals surface area contributed by atoms with Crippen molar-refractivity contribution in [2.24, 2.45) is 0 Å². The van der Waals surface area contributed by atoms with Gasteiger partial charge >= 0.3 is 5.69 Å². The van der Waals surface area contributed by atoms with E-state index in [0.29, 0.717) is 12.2 Å². The first-order valence-corrected chi connectivity index (χ1v) is 5.03. The Labute approximate surface area is 98.1 Å². The fraction of sp³-hybridized carbons (Fsp3) is 0.300. The van der Waals surface area contributed by atoms with Gasteiger partial charge in [-0.25, -0.2) is 0 Å². The molecule has 0 radical (unpaired) electrons. The van der Waals surface area contributed by atoms with E-state index in [1.807, 2.05) is 0 Å². The number of para-hydroxylation sites is 1. The highest BCUT2D eigenvalue weighted by molar-refractivity contribution is 5.77. The van der Waals surface area contributed by atoms with E-state index in [-0.39, 0.29) is 23.7 Å². The average molecular weight is 238 g/mol. The topological polar surface area (TPSA) is 110 Å². The van der Waals surface area contributed by atoms with E-state index in [1.165, 1.54) is 13.1 Å². The normalized spacial score (nSPS) is 9.71. The average Bonchev–Trinajstić information content (AvgIpc) is 2.28. The molecule has 0 heterocycles. The summed E-state index contributed by atoms with van der Waals surface area (Å²) in [5, 5.41) is 16.1. The second-order valence-electron chi connectivity index (χ2n) is 3.35. The maximum Gasteiger partial charge on any atom is 0.314 e. The van der Waals surface area contributed by atoms with Crippen LogP contribution in [-0.2, 0) is 4.79 Å². The van der Waals surface area contributed by atoms with Crippen LogP contribution in [0.25, 0.3) is 0 Å². The number of hydrogen-bond acceptors (Lipinski definition) is 5. The molecule has 7 nitrogen and oxygen atoms in total. The van der Waals surface area contributed by atoms with Crippen molar-refractivity contribution in [2.75, 3.05) is 24.6 Å². The number of benzene rings is 1. The number of nitrogens with zero attached hydrogens (tertiary/aromatic N) is 1. The molecule has 1 rings (SSSR count). The number of nitrogens with two attached hydrogens (primary N) is 1. The lowest BCUT2D eigenvalue weighted by atomic mass is 10.2. The standard InChI is InChI=1S/C10H14N4O3/c1-12-9(15)5-6-13-8-4-2-3-7(11)10(8)14(16)17/h2-4,13H,5-6,11H2,1H3,(H,12,15). The summed E-state index contributed by atoms with van der Waals surface area (Å²) in [6.07, 6.45) is 0.239. The van der Waals surface area contributed by atoms with E-state index >= 15 is 0 Å². The number of nitrogen functional groups attached to an aromatic ring is 1. The molecule has 0 aromatic heterocycles. The second-order valence-corrected chi connectivity index (χ2v) is 3.35. The maximum absolute atomic E-state index is 11.0. The number of hydrogen-bond donors (Lipinski definition) is 3. The molecule has 4 N–H and O–H groups in total. The van der Waals surface area contributed by atoms with Gasteiger partial charge in [-0.1, -0.05) is 6.07 Å². The van der Waals surface area contributed by atoms with Crippen LogP contribution in [-0.4, -0.2) is 24.4 Å². The molecular formula is C10H14N4O3. The van der Waals surface area contributed by atoms with Gasteiger partial charge in [-0.3, -0.25) is 14.9 Å². The van der Waals surface area contributed by atoms with Crippen molar-refractivity contribution in [3.05, 3.63) is 28.3 Å². The van der Waals surface area contributed by atoms with Crippen LogP contribution >= 0.6 is 0 Å². The SMILES string of the molecule is CNC(=O)CCNc1cccc(N)c1[N+](=O)[O-]. The fourth-order valence-corrected chi connectivity index (χ4v) is 1.34. The predicted molar refractivity (Wildman–Crippen MR) is 64.7 cm³/mol. The molecule has 1 amide bonds. The van der Waals surface area contributed by atoms with E-state index in [2.05, 4.69) is 10.6 Å². The summed E-state index contributed by atoms with van der Waals surface area (Å²) < 4.78 is 0. The van der Waals surface area contributed by atoms with E-state index in [0.717, 1.165) is 0 Å². The number of nitro benzene ring substituents is 1. The van der Waals surface area contributed by atoms with Crippen LogP contribution in [0.15, 0.2) is 18.2 Å². The summed E-state index contributed by atoms with van der Waals surface area (Å²) in [5.41, 5.74) is 5.77. The van der Waals surface area contributed by atoms with Gasteiger partial charge < -0.3 is 16.4 Å². The summed E-state index contributed by atoms with van der Waals surface area (Å²) in [6, 6.07) is 4.63. The van der Waals surface area contributed by atoms with Crippen molar-refractivity contribution in [1.82, 2.24) is 5.32 Å². The molecule has 1 aromatic carbocycles. The van der Waals surface area contributed by atoms with E-state index in [1.54, 1.807) is 12.1 Å². The molecule has 0 aliphatic heterocycles. The van der Waals surface area contributed by atoms with Crippen molar-refractivity contribution >= 4 is 23.0 Å². The predicted octanol–water partition coefficient (Wildman–Crippen LogP) is 0.725. The van der Waals surface area contributed by atoms with Crippen molar-refractivity contribution < 1.29 is 9.72 Å². The molecule has 0 saturated carbocycles. The van der Waals surface area contributed by atoms with Gasteiger partial charge in [-0.2, -0.15) is 0 Å². The summed E-state index contributed by atoms with van der Waals surface area (Å²) in [6.45, 7) is 0.309. The summed E-state index contributed by atoms with van der Waals surface area (Å²) >= 11 is 0. The molecule has 0 spiro atoms. The summed E-state index contributed by atoms with van der Waals surface area (Å²) in [4.78, 5) is 21.2.